The molecule has 0 radical (unpaired) electrons. The summed E-state index contributed by atoms with van der Waals surface area (Å²) in [6.07, 6.45) is 6.75. The van der Waals surface area contributed by atoms with Crippen molar-refractivity contribution in [2.24, 2.45) is 17.4 Å². The molecule has 0 spiro atoms. The highest BCUT2D eigenvalue weighted by Gasteiger charge is 2.32. The van der Waals surface area contributed by atoms with Crippen LogP contribution in [-0.4, -0.2) is 50.1 Å². The molecule has 1 fully saturated rings. The highest BCUT2D eigenvalue weighted by atomic mass is 19.1. The van der Waals surface area contributed by atoms with Gasteiger partial charge < -0.3 is 26.8 Å². The number of nitrogens with two attached hydrogens (primary N) is 2. The fraction of sp³-hybridized carbons (Fsp3) is 0.350. The van der Waals surface area contributed by atoms with Crippen molar-refractivity contribution < 1.29 is 13.9 Å². The van der Waals surface area contributed by atoms with Gasteiger partial charge in [0.25, 0.3) is 5.91 Å². The van der Waals surface area contributed by atoms with E-state index in [2.05, 4.69) is 30.9 Å². The van der Waals surface area contributed by atoms with Crippen LogP contribution < -0.4 is 26.8 Å². The maximum Gasteiger partial charge on any atom is 0.252 e. The van der Waals surface area contributed by atoms with E-state index in [4.69, 9.17) is 16.2 Å². The van der Waals surface area contributed by atoms with Gasteiger partial charge in [0.15, 0.2) is 11.6 Å². The van der Waals surface area contributed by atoms with Gasteiger partial charge in [-0.05, 0) is 37.8 Å². The minimum atomic E-state index is -0.828. The zero-order chi connectivity index (χ0) is 22.8. The smallest absolute Gasteiger partial charge is 0.252 e. The van der Waals surface area contributed by atoms with Gasteiger partial charge in [-0.25, -0.2) is 19.0 Å². The van der Waals surface area contributed by atoms with Gasteiger partial charge in [-0.1, -0.05) is 5.21 Å². The van der Waals surface area contributed by atoms with Gasteiger partial charge >= 0.3 is 0 Å². The molecule has 3 heterocycles. The number of anilines is 3. The summed E-state index contributed by atoms with van der Waals surface area (Å²) in [4.78, 5) is 20.5. The maximum absolute atomic E-state index is 14.7. The number of rotatable bonds is 9. The van der Waals surface area contributed by atoms with Crippen molar-refractivity contribution in [2.45, 2.75) is 31.8 Å². The van der Waals surface area contributed by atoms with Crippen LogP contribution in [0.25, 0.3) is 5.69 Å². The molecule has 0 saturated heterocycles. The molecule has 0 unspecified atom stereocenters. The predicted octanol–water partition coefficient (Wildman–Crippen LogP) is 1.59. The number of pyridine rings is 2. The normalized spacial score (nSPS) is 15.1. The topological polar surface area (TPSA) is 159 Å². The average molecular weight is 441 g/mol. The van der Waals surface area contributed by atoms with E-state index in [1.165, 1.54) is 24.2 Å². The molecule has 0 aromatic carbocycles. The lowest BCUT2D eigenvalue weighted by Crippen LogP contribution is -2.40. The maximum atomic E-state index is 14.7. The molecule has 3 aromatic heterocycles. The third-order valence-electron chi connectivity index (χ3n) is 5.31. The molecule has 12 heteroatoms. The number of nitrogens with one attached hydrogen (secondary N) is 2. The van der Waals surface area contributed by atoms with E-state index in [0.717, 1.165) is 18.9 Å². The molecule has 0 bridgehead atoms. The molecule has 1 saturated carbocycles. The highest BCUT2D eigenvalue weighted by Crippen LogP contribution is 2.34. The van der Waals surface area contributed by atoms with Gasteiger partial charge in [0, 0.05) is 12.1 Å². The van der Waals surface area contributed by atoms with Crippen LogP contribution in [0, 0.1) is 11.7 Å². The van der Waals surface area contributed by atoms with E-state index in [-0.39, 0.29) is 29.3 Å². The molecule has 168 valence electrons. The quantitative estimate of drug-likeness (QED) is 0.387. The number of ether oxygens (including phenoxy) is 1. The molecular formula is C20H24FN9O2. The summed E-state index contributed by atoms with van der Waals surface area (Å²) in [6, 6.07) is 2.39. The van der Waals surface area contributed by atoms with Crippen LogP contribution in [0.2, 0.25) is 0 Å². The zero-order valence-electron chi connectivity index (χ0n) is 17.6. The first-order valence-corrected chi connectivity index (χ1v) is 10.1. The fourth-order valence-electron chi connectivity index (χ4n) is 3.38. The van der Waals surface area contributed by atoms with Gasteiger partial charge in [0.1, 0.15) is 11.5 Å². The standard InChI is InChI=1S/C20H24FN9O2/c1-10(16(22)11-3-4-11)26-19-14(21)8-13(17(23)31)18(28-19)27-12-7-15(20(32-2)24-9-12)30-6-5-25-29-30/h5-11,16H,3-4,22H2,1-2H3,(H2,23,31)(H2,26,27,28)/t10-,16+/m1/s1. The lowest BCUT2D eigenvalue weighted by Gasteiger charge is -2.22. The van der Waals surface area contributed by atoms with Crippen molar-refractivity contribution in [1.82, 2.24) is 25.0 Å². The first-order chi connectivity index (χ1) is 15.4. The number of halogens is 1. The van der Waals surface area contributed by atoms with Crippen molar-refractivity contribution in [3.8, 4) is 11.6 Å². The van der Waals surface area contributed by atoms with Crippen molar-refractivity contribution >= 4 is 23.2 Å². The summed E-state index contributed by atoms with van der Waals surface area (Å²) in [5, 5.41) is 13.7. The van der Waals surface area contributed by atoms with Gasteiger partial charge in [0.2, 0.25) is 5.88 Å². The largest absolute Gasteiger partial charge is 0.479 e. The Hall–Kier alpha value is -3.80. The van der Waals surface area contributed by atoms with Crippen LogP contribution in [0.5, 0.6) is 5.88 Å². The summed E-state index contributed by atoms with van der Waals surface area (Å²) in [5.41, 5.74) is 12.5. The van der Waals surface area contributed by atoms with Crippen LogP contribution in [0.15, 0.2) is 30.7 Å². The number of carbonyl (C=O) groups is 1. The van der Waals surface area contributed by atoms with E-state index in [0.29, 0.717) is 23.2 Å². The van der Waals surface area contributed by atoms with E-state index in [1.807, 2.05) is 6.92 Å². The fourth-order valence-corrected chi connectivity index (χ4v) is 3.38. The Bertz CT molecular complexity index is 1120. The lowest BCUT2D eigenvalue weighted by molar-refractivity contribution is 0.100. The van der Waals surface area contributed by atoms with E-state index in [1.54, 1.807) is 12.3 Å². The van der Waals surface area contributed by atoms with Crippen LogP contribution in [0.3, 0.4) is 0 Å². The summed E-state index contributed by atoms with van der Waals surface area (Å²) in [5.74, 6) is -0.747. The molecule has 1 aliphatic rings. The summed E-state index contributed by atoms with van der Waals surface area (Å²) < 4.78 is 21.4. The number of hydrogen-bond donors (Lipinski definition) is 4. The first kappa shape index (κ1) is 21.4. The number of primary amides is 1. The second kappa shape index (κ2) is 8.75. The molecule has 11 nitrogen and oxygen atoms in total. The third-order valence-corrected chi connectivity index (χ3v) is 5.31. The molecular weight excluding hydrogens is 417 g/mol. The lowest BCUT2D eigenvalue weighted by atomic mass is 10.1. The Morgan fingerprint density at radius 1 is 1.34 bits per heavy atom. The van der Waals surface area contributed by atoms with Crippen molar-refractivity contribution in [3.63, 3.8) is 0 Å². The molecule has 0 aliphatic heterocycles. The van der Waals surface area contributed by atoms with Crippen molar-refractivity contribution in [3.05, 3.63) is 42.1 Å². The van der Waals surface area contributed by atoms with Gasteiger partial charge in [-0.3, -0.25) is 4.79 Å². The monoisotopic (exact) mass is 441 g/mol. The van der Waals surface area contributed by atoms with Crippen LogP contribution >= 0.6 is 0 Å². The molecule has 2 atom stereocenters. The van der Waals surface area contributed by atoms with Crippen LogP contribution in [0.1, 0.15) is 30.1 Å². The Balaban J connectivity index is 1.66. The number of carbonyl (C=O) groups excluding carboxylic acids is 1. The number of amides is 1. The molecule has 6 N–H and O–H groups in total. The summed E-state index contributed by atoms with van der Waals surface area (Å²) in [7, 11) is 1.48. The van der Waals surface area contributed by atoms with Crippen molar-refractivity contribution in [1.29, 1.82) is 0 Å². The molecule has 1 amide bonds. The average Bonchev–Trinajstić information content (AvgIpc) is 3.48. The van der Waals surface area contributed by atoms with Crippen LogP contribution in [-0.2, 0) is 0 Å². The number of nitrogens with zero attached hydrogens (tertiary/aromatic N) is 5. The molecule has 1 aliphatic carbocycles. The number of aromatic nitrogens is 5. The predicted molar refractivity (Wildman–Crippen MR) is 115 cm³/mol. The number of hydrogen-bond acceptors (Lipinski definition) is 9. The zero-order valence-corrected chi connectivity index (χ0v) is 17.6. The summed E-state index contributed by atoms with van der Waals surface area (Å²) >= 11 is 0. The van der Waals surface area contributed by atoms with E-state index in [9.17, 15) is 9.18 Å². The second-order valence-electron chi connectivity index (χ2n) is 7.65. The second-order valence-corrected chi connectivity index (χ2v) is 7.65. The molecule has 4 rings (SSSR count). The Labute approximate surface area is 183 Å². The van der Waals surface area contributed by atoms with E-state index >= 15 is 0 Å². The SMILES string of the molecule is COc1ncc(Nc2nc(N[C@H](C)[C@H](N)C3CC3)c(F)cc2C(N)=O)cc1-n1ccnn1. The molecule has 3 aromatic rings. The van der Waals surface area contributed by atoms with Gasteiger partial charge in [-0.15, -0.1) is 5.10 Å². The van der Waals surface area contributed by atoms with Crippen molar-refractivity contribution in [2.75, 3.05) is 17.7 Å². The van der Waals surface area contributed by atoms with Crippen LogP contribution in [0.4, 0.5) is 21.7 Å². The molecule has 32 heavy (non-hydrogen) atoms. The van der Waals surface area contributed by atoms with E-state index < -0.39 is 11.7 Å². The summed E-state index contributed by atoms with van der Waals surface area (Å²) in [6.45, 7) is 1.87. The Morgan fingerprint density at radius 2 is 2.12 bits per heavy atom. The first-order valence-electron chi connectivity index (χ1n) is 10.1. The minimum Gasteiger partial charge on any atom is -0.479 e. The third kappa shape index (κ3) is 4.44. The van der Waals surface area contributed by atoms with Gasteiger partial charge in [-0.2, -0.15) is 0 Å². The Morgan fingerprint density at radius 3 is 2.75 bits per heavy atom. The van der Waals surface area contributed by atoms with Gasteiger partial charge in [0.05, 0.1) is 37.0 Å². The highest BCUT2D eigenvalue weighted by molar-refractivity contribution is 5.98. The minimum absolute atomic E-state index is 0.0286. The number of methoxy groups -OCH3 is 1. The Kier molecular flexibility index (Phi) is 5.86.